The van der Waals surface area contributed by atoms with E-state index in [1.165, 1.54) is 0 Å². The first-order valence-corrected chi connectivity index (χ1v) is 9.65. The van der Waals surface area contributed by atoms with Crippen molar-refractivity contribution in [3.8, 4) is 11.1 Å². The van der Waals surface area contributed by atoms with Crippen molar-refractivity contribution in [1.82, 2.24) is 5.32 Å². The molecule has 0 fully saturated rings. The van der Waals surface area contributed by atoms with Gasteiger partial charge in [-0.2, -0.15) is 0 Å². The lowest BCUT2D eigenvalue weighted by molar-refractivity contribution is -0.153. The van der Waals surface area contributed by atoms with Crippen molar-refractivity contribution in [2.75, 3.05) is 11.9 Å². The van der Waals surface area contributed by atoms with Gasteiger partial charge in [0.25, 0.3) is 5.91 Å². The topological polar surface area (TPSA) is 111 Å². The maximum absolute atomic E-state index is 12.5. The molecule has 2 aromatic carbocycles. The summed E-state index contributed by atoms with van der Waals surface area (Å²) in [4.78, 5) is 35.0. The number of nitrogens with two attached hydrogens (primary N) is 1. The lowest BCUT2D eigenvalue weighted by Crippen LogP contribution is -2.30. The minimum absolute atomic E-state index is 0.217. The molecule has 4 N–H and O–H groups in total. The smallest absolute Gasteiger partial charge is 0.312 e. The zero-order valence-electron chi connectivity index (χ0n) is 16.5. The van der Waals surface area contributed by atoms with Gasteiger partial charge in [0.2, 0.25) is 0 Å². The molecule has 7 heteroatoms. The Hall–Kier alpha value is -3.35. The predicted molar refractivity (Wildman–Crippen MR) is 112 cm³/mol. The van der Waals surface area contributed by atoms with Gasteiger partial charge in [0.05, 0.1) is 0 Å². The van der Waals surface area contributed by atoms with E-state index in [-0.39, 0.29) is 12.3 Å². The number of amides is 3. The second-order valence-corrected chi connectivity index (χ2v) is 6.63. The highest BCUT2D eigenvalue weighted by atomic mass is 16.5. The van der Waals surface area contributed by atoms with Gasteiger partial charge in [-0.3, -0.25) is 9.59 Å². The minimum atomic E-state index is -0.900. The third-order valence-electron chi connectivity index (χ3n) is 4.30. The number of nitrogens with one attached hydrogen (secondary N) is 2. The summed E-state index contributed by atoms with van der Waals surface area (Å²) in [7, 11) is 0. The van der Waals surface area contributed by atoms with Crippen LogP contribution < -0.4 is 16.4 Å². The molecule has 29 heavy (non-hydrogen) atoms. The van der Waals surface area contributed by atoms with Crippen LogP contribution in [0.5, 0.6) is 0 Å². The largest absolute Gasteiger partial charge is 0.453 e. The van der Waals surface area contributed by atoms with E-state index in [9.17, 15) is 14.4 Å². The maximum Gasteiger partial charge on any atom is 0.312 e. The number of hydrogen-bond acceptors (Lipinski definition) is 4. The maximum atomic E-state index is 12.5. The highest BCUT2D eigenvalue weighted by molar-refractivity contribution is 5.98. The molecule has 0 unspecified atom stereocenters. The van der Waals surface area contributed by atoms with Gasteiger partial charge < -0.3 is 21.1 Å². The van der Waals surface area contributed by atoms with E-state index >= 15 is 0 Å². The lowest BCUT2D eigenvalue weighted by atomic mass is 10.0. The van der Waals surface area contributed by atoms with Crippen molar-refractivity contribution < 1.29 is 19.1 Å². The highest BCUT2D eigenvalue weighted by Gasteiger charge is 2.19. The molecule has 0 spiro atoms. The van der Waals surface area contributed by atoms with Crippen molar-refractivity contribution in [3.63, 3.8) is 0 Å². The molecule has 0 bridgehead atoms. The Kier molecular flexibility index (Phi) is 8.69. The Balaban J connectivity index is 1.81. The molecule has 1 atom stereocenters. The van der Waals surface area contributed by atoms with E-state index in [1.807, 2.05) is 54.6 Å². The minimum Gasteiger partial charge on any atom is -0.453 e. The van der Waals surface area contributed by atoms with Gasteiger partial charge in [-0.15, -0.1) is 0 Å². The van der Waals surface area contributed by atoms with Crippen LogP contribution in [0.3, 0.4) is 0 Å². The average molecular weight is 397 g/mol. The number of primary amides is 1. The molecule has 154 valence electrons. The summed E-state index contributed by atoms with van der Waals surface area (Å²) >= 11 is 0. The molecule has 0 aliphatic rings. The number of rotatable bonds is 10. The molecule has 0 aromatic heterocycles. The van der Waals surface area contributed by atoms with Crippen molar-refractivity contribution in [1.29, 1.82) is 0 Å². The van der Waals surface area contributed by atoms with Gasteiger partial charge >= 0.3 is 12.0 Å². The van der Waals surface area contributed by atoms with E-state index < -0.39 is 18.1 Å². The Morgan fingerprint density at radius 3 is 2.38 bits per heavy atom. The number of ether oxygens (including phenoxy) is 1. The van der Waals surface area contributed by atoms with E-state index in [2.05, 4.69) is 10.6 Å². The molecule has 3 amide bonds. The van der Waals surface area contributed by atoms with E-state index in [0.717, 1.165) is 24.0 Å². The molecule has 0 radical (unpaired) electrons. The molecule has 0 aliphatic heterocycles. The Morgan fingerprint density at radius 2 is 1.66 bits per heavy atom. The summed E-state index contributed by atoms with van der Waals surface area (Å²) in [6.45, 7) is 2.03. The van der Waals surface area contributed by atoms with Crippen LogP contribution in [-0.4, -0.2) is 30.6 Å². The number of benzene rings is 2. The fourth-order valence-electron chi connectivity index (χ4n) is 2.79. The standard InChI is InChI=1S/C22H27N3O4/c1-16(29-20(26)14-6-3-9-15-24-22(23)28)21(27)25-19-13-8-7-12-18(19)17-10-4-2-5-11-17/h2,4-5,7-8,10-13,16H,3,6,9,14-15H2,1H3,(H,25,27)(H3,23,24,28)/t16-/m0/s1. The molecule has 2 aromatic rings. The van der Waals surface area contributed by atoms with E-state index in [0.29, 0.717) is 18.7 Å². The first-order chi connectivity index (χ1) is 14.0. The molecule has 0 saturated carbocycles. The fraction of sp³-hybridized carbons (Fsp3) is 0.318. The van der Waals surface area contributed by atoms with Crippen LogP contribution in [0.25, 0.3) is 11.1 Å². The molecular formula is C22H27N3O4. The summed E-state index contributed by atoms with van der Waals surface area (Å²) in [5.41, 5.74) is 7.51. The van der Waals surface area contributed by atoms with Gasteiger partial charge in [0.1, 0.15) is 0 Å². The quantitative estimate of drug-likeness (QED) is 0.421. The van der Waals surface area contributed by atoms with Gasteiger partial charge in [-0.05, 0) is 31.4 Å². The first-order valence-electron chi connectivity index (χ1n) is 9.65. The molecule has 2 rings (SSSR count). The summed E-state index contributed by atoms with van der Waals surface area (Å²) in [5.74, 6) is -0.806. The van der Waals surface area contributed by atoms with Gasteiger partial charge in [0, 0.05) is 24.2 Å². The van der Waals surface area contributed by atoms with Crippen LogP contribution in [-0.2, 0) is 14.3 Å². The van der Waals surface area contributed by atoms with Crippen molar-refractivity contribution in [3.05, 3.63) is 54.6 Å². The van der Waals surface area contributed by atoms with Crippen LogP contribution in [0.4, 0.5) is 10.5 Å². The van der Waals surface area contributed by atoms with Crippen LogP contribution in [0, 0.1) is 0 Å². The van der Waals surface area contributed by atoms with Crippen LogP contribution in [0.15, 0.2) is 54.6 Å². The first kappa shape index (κ1) is 21.9. The molecule has 0 heterocycles. The summed E-state index contributed by atoms with van der Waals surface area (Å²) in [6, 6.07) is 16.7. The van der Waals surface area contributed by atoms with Crippen LogP contribution in [0.1, 0.15) is 32.6 Å². The molecular weight excluding hydrogens is 370 g/mol. The second kappa shape index (κ2) is 11.5. The van der Waals surface area contributed by atoms with Gasteiger partial charge in [0.15, 0.2) is 6.10 Å². The summed E-state index contributed by atoms with van der Waals surface area (Å²) < 4.78 is 5.23. The summed E-state index contributed by atoms with van der Waals surface area (Å²) in [5, 5.41) is 5.33. The fourth-order valence-corrected chi connectivity index (χ4v) is 2.79. The third kappa shape index (κ3) is 7.65. The number of unbranched alkanes of at least 4 members (excludes halogenated alkanes) is 2. The SMILES string of the molecule is C[C@H](OC(=O)CCCCCNC(N)=O)C(=O)Nc1ccccc1-c1ccccc1. The number of hydrogen-bond donors (Lipinski definition) is 3. The van der Waals surface area contributed by atoms with Crippen LogP contribution >= 0.6 is 0 Å². The number of para-hydroxylation sites is 1. The van der Waals surface area contributed by atoms with E-state index in [4.69, 9.17) is 10.5 Å². The Morgan fingerprint density at radius 1 is 0.966 bits per heavy atom. The molecule has 0 aliphatic carbocycles. The van der Waals surface area contributed by atoms with E-state index in [1.54, 1.807) is 6.92 Å². The lowest BCUT2D eigenvalue weighted by Gasteiger charge is -2.16. The number of carbonyl (C=O) groups excluding carboxylic acids is 3. The monoisotopic (exact) mass is 397 g/mol. The third-order valence-corrected chi connectivity index (χ3v) is 4.30. The Bertz CT molecular complexity index is 824. The highest BCUT2D eigenvalue weighted by Crippen LogP contribution is 2.27. The van der Waals surface area contributed by atoms with Crippen molar-refractivity contribution in [2.24, 2.45) is 5.73 Å². The summed E-state index contributed by atoms with van der Waals surface area (Å²) in [6.07, 6.45) is 1.41. The Labute approximate surface area is 170 Å². The zero-order chi connectivity index (χ0) is 21.1. The normalized spacial score (nSPS) is 11.3. The van der Waals surface area contributed by atoms with Crippen LogP contribution in [0.2, 0.25) is 0 Å². The second-order valence-electron chi connectivity index (χ2n) is 6.63. The molecule has 7 nitrogen and oxygen atoms in total. The molecule has 0 saturated heterocycles. The van der Waals surface area contributed by atoms with Gasteiger partial charge in [-0.1, -0.05) is 55.0 Å². The number of carbonyl (C=O) groups is 3. The predicted octanol–water partition coefficient (Wildman–Crippen LogP) is 3.45. The number of urea groups is 1. The number of esters is 1. The van der Waals surface area contributed by atoms with Crippen molar-refractivity contribution >= 4 is 23.6 Å². The number of anilines is 1. The average Bonchev–Trinajstić information content (AvgIpc) is 2.71. The van der Waals surface area contributed by atoms with Gasteiger partial charge in [-0.25, -0.2) is 4.79 Å². The zero-order valence-corrected chi connectivity index (χ0v) is 16.5. The van der Waals surface area contributed by atoms with Crippen molar-refractivity contribution in [2.45, 2.75) is 38.7 Å².